The molecule has 1 unspecified atom stereocenters. The van der Waals surface area contributed by atoms with E-state index in [0.717, 1.165) is 38.6 Å². The summed E-state index contributed by atoms with van der Waals surface area (Å²) in [5.74, 6) is 0. The molecule has 1 atom stereocenters. The smallest absolute Gasteiger partial charge is 0.0657 e. The minimum absolute atomic E-state index is 0.108. The summed E-state index contributed by atoms with van der Waals surface area (Å²) in [6.07, 6.45) is 4.89. The standard InChI is InChI=1S/C17H33N3O/c1-7-13(18)12-14-15(8-2)19-20(16(14)9-3)11-10-17(4,5)21-6/h13H,7-12,18H2,1-6H3. The van der Waals surface area contributed by atoms with Gasteiger partial charge in [0.05, 0.1) is 11.3 Å². The first-order valence-electron chi connectivity index (χ1n) is 8.26. The molecule has 0 bridgehead atoms. The van der Waals surface area contributed by atoms with Gasteiger partial charge < -0.3 is 10.5 Å². The highest BCUT2D eigenvalue weighted by Crippen LogP contribution is 2.21. The van der Waals surface area contributed by atoms with Gasteiger partial charge in [-0.1, -0.05) is 20.8 Å². The van der Waals surface area contributed by atoms with Crippen molar-refractivity contribution in [3.05, 3.63) is 17.0 Å². The van der Waals surface area contributed by atoms with Crippen LogP contribution >= 0.6 is 0 Å². The first-order valence-corrected chi connectivity index (χ1v) is 8.26. The summed E-state index contributed by atoms with van der Waals surface area (Å²) < 4.78 is 7.70. The maximum atomic E-state index is 6.17. The van der Waals surface area contributed by atoms with Crippen molar-refractivity contribution in [1.82, 2.24) is 9.78 Å². The van der Waals surface area contributed by atoms with Crippen LogP contribution in [0, 0.1) is 0 Å². The lowest BCUT2D eigenvalue weighted by Gasteiger charge is -2.23. The third-order valence-corrected chi connectivity index (χ3v) is 4.39. The van der Waals surface area contributed by atoms with Gasteiger partial charge >= 0.3 is 0 Å². The lowest BCUT2D eigenvalue weighted by Crippen LogP contribution is -2.25. The van der Waals surface area contributed by atoms with Crippen LogP contribution in [-0.4, -0.2) is 28.5 Å². The zero-order valence-electron chi connectivity index (χ0n) is 14.7. The molecule has 0 saturated carbocycles. The molecule has 0 fully saturated rings. The van der Waals surface area contributed by atoms with E-state index in [0.29, 0.717) is 0 Å². The Morgan fingerprint density at radius 2 is 1.90 bits per heavy atom. The Kier molecular flexibility index (Phi) is 6.88. The zero-order valence-corrected chi connectivity index (χ0v) is 14.7. The number of aromatic nitrogens is 2. The average molecular weight is 295 g/mol. The Labute approximate surface area is 130 Å². The van der Waals surface area contributed by atoms with Crippen LogP contribution in [0.2, 0.25) is 0 Å². The fourth-order valence-electron chi connectivity index (χ4n) is 2.57. The molecular formula is C17H33N3O. The van der Waals surface area contributed by atoms with Gasteiger partial charge in [0.1, 0.15) is 0 Å². The quantitative estimate of drug-likeness (QED) is 0.761. The summed E-state index contributed by atoms with van der Waals surface area (Å²) in [4.78, 5) is 0. The van der Waals surface area contributed by atoms with Gasteiger partial charge in [-0.15, -0.1) is 0 Å². The Morgan fingerprint density at radius 3 is 2.38 bits per heavy atom. The molecule has 4 nitrogen and oxygen atoms in total. The molecular weight excluding hydrogens is 262 g/mol. The molecule has 2 N–H and O–H groups in total. The van der Waals surface area contributed by atoms with Crippen LogP contribution in [0.5, 0.6) is 0 Å². The number of nitrogens with two attached hydrogens (primary N) is 1. The van der Waals surface area contributed by atoms with E-state index in [-0.39, 0.29) is 11.6 Å². The monoisotopic (exact) mass is 295 g/mol. The van der Waals surface area contributed by atoms with Gasteiger partial charge in [-0.25, -0.2) is 0 Å². The van der Waals surface area contributed by atoms with Gasteiger partial charge in [0, 0.05) is 25.4 Å². The minimum Gasteiger partial charge on any atom is -0.379 e. The van der Waals surface area contributed by atoms with E-state index in [9.17, 15) is 0 Å². The van der Waals surface area contributed by atoms with Crippen molar-refractivity contribution in [2.45, 2.75) is 84.9 Å². The molecule has 0 aliphatic heterocycles. The topological polar surface area (TPSA) is 53.1 Å². The molecule has 0 aliphatic carbocycles. The Morgan fingerprint density at radius 1 is 1.24 bits per heavy atom. The molecule has 122 valence electrons. The molecule has 1 aromatic heterocycles. The number of nitrogens with zero attached hydrogens (tertiary/aromatic N) is 2. The first kappa shape index (κ1) is 18.2. The first-order chi connectivity index (χ1) is 9.88. The van der Waals surface area contributed by atoms with Crippen LogP contribution in [0.15, 0.2) is 0 Å². The van der Waals surface area contributed by atoms with E-state index < -0.39 is 0 Å². The van der Waals surface area contributed by atoms with Crippen molar-refractivity contribution in [1.29, 1.82) is 0 Å². The van der Waals surface area contributed by atoms with Crippen LogP contribution in [0.1, 0.15) is 64.4 Å². The molecule has 0 saturated heterocycles. The summed E-state index contributed by atoms with van der Waals surface area (Å²) in [6, 6.07) is 0.230. The number of rotatable bonds is 9. The molecule has 0 radical (unpaired) electrons. The van der Waals surface area contributed by atoms with Crippen molar-refractivity contribution in [2.24, 2.45) is 5.73 Å². The largest absolute Gasteiger partial charge is 0.379 e. The van der Waals surface area contributed by atoms with E-state index >= 15 is 0 Å². The van der Waals surface area contributed by atoms with Crippen LogP contribution < -0.4 is 5.73 Å². The highest BCUT2D eigenvalue weighted by Gasteiger charge is 2.20. The second-order valence-corrected chi connectivity index (χ2v) is 6.39. The van der Waals surface area contributed by atoms with Crippen LogP contribution in [0.25, 0.3) is 0 Å². The number of hydrogen-bond donors (Lipinski definition) is 1. The Bertz CT molecular complexity index is 437. The van der Waals surface area contributed by atoms with Gasteiger partial charge in [-0.2, -0.15) is 5.10 Å². The third kappa shape index (κ3) is 4.82. The number of aryl methyl sites for hydroxylation is 2. The molecule has 21 heavy (non-hydrogen) atoms. The lowest BCUT2D eigenvalue weighted by molar-refractivity contribution is 0.0111. The molecule has 0 amide bonds. The second kappa shape index (κ2) is 7.95. The van der Waals surface area contributed by atoms with Gasteiger partial charge in [-0.3, -0.25) is 4.68 Å². The summed E-state index contributed by atoms with van der Waals surface area (Å²) >= 11 is 0. The van der Waals surface area contributed by atoms with Gasteiger partial charge in [0.25, 0.3) is 0 Å². The summed E-state index contributed by atoms with van der Waals surface area (Å²) in [7, 11) is 1.77. The third-order valence-electron chi connectivity index (χ3n) is 4.39. The van der Waals surface area contributed by atoms with E-state index in [1.54, 1.807) is 7.11 Å². The molecule has 1 aromatic rings. The Hall–Kier alpha value is -0.870. The fraction of sp³-hybridized carbons (Fsp3) is 0.824. The van der Waals surface area contributed by atoms with E-state index in [1.165, 1.54) is 17.0 Å². The van der Waals surface area contributed by atoms with Crippen LogP contribution in [0.3, 0.4) is 0 Å². The molecule has 0 aliphatic rings. The van der Waals surface area contributed by atoms with Crippen molar-refractivity contribution >= 4 is 0 Å². The van der Waals surface area contributed by atoms with Crippen molar-refractivity contribution in [2.75, 3.05) is 7.11 Å². The summed E-state index contributed by atoms with van der Waals surface area (Å²) in [5, 5.41) is 4.83. The molecule has 0 aromatic carbocycles. The average Bonchev–Trinajstić information content (AvgIpc) is 2.81. The number of hydrogen-bond acceptors (Lipinski definition) is 3. The van der Waals surface area contributed by atoms with Crippen LogP contribution in [0.4, 0.5) is 0 Å². The van der Waals surface area contributed by atoms with Gasteiger partial charge in [0.15, 0.2) is 0 Å². The predicted molar refractivity (Wildman–Crippen MR) is 88.7 cm³/mol. The van der Waals surface area contributed by atoms with Crippen molar-refractivity contribution in [3.8, 4) is 0 Å². The molecule has 1 rings (SSSR count). The highest BCUT2D eigenvalue weighted by atomic mass is 16.5. The van der Waals surface area contributed by atoms with E-state index in [4.69, 9.17) is 15.6 Å². The van der Waals surface area contributed by atoms with Crippen molar-refractivity contribution in [3.63, 3.8) is 0 Å². The molecule has 0 spiro atoms. The minimum atomic E-state index is -0.108. The summed E-state index contributed by atoms with van der Waals surface area (Å²) in [5.41, 5.74) is 10.0. The maximum absolute atomic E-state index is 6.17. The number of ether oxygens (including phenoxy) is 1. The highest BCUT2D eigenvalue weighted by molar-refractivity contribution is 5.28. The van der Waals surface area contributed by atoms with E-state index in [1.807, 2.05) is 0 Å². The second-order valence-electron chi connectivity index (χ2n) is 6.39. The zero-order chi connectivity index (χ0) is 16.0. The Balaban J connectivity index is 2.99. The number of methoxy groups -OCH3 is 1. The predicted octanol–water partition coefficient (Wildman–Crippen LogP) is 3.10. The summed E-state index contributed by atoms with van der Waals surface area (Å²) in [6.45, 7) is 11.7. The van der Waals surface area contributed by atoms with E-state index in [2.05, 4.69) is 39.3 Å². The van der Waals surface area contributed by atoms with Gasteiger partial charge in [-0.05, 0) is 51.5 Å². The van der Waals surface area contributed by atoms with Crippen LogP contribution in [-0.2, 0) is 30.5 Å². The maximum Gasteiger partial charge on any atom is 0.0657 e. The van der Waals surface area contributed by atoms with Gasteiger partial charge in [0.2, 0.25) is 0 Å². The molecule has 4 heteroatoms. The normalized spacial score (nSPS) is 13.7. The SMILES string of the molecule is CCc1nn(CCC(C)(C)OC)c(CC)c1CC(N)CC. The fourth-order valence-corrected chi connectivity index (χ4v) is 2.57. The molecule has 1 heterocycles. The lowest BCUT2D eigenvalue weighted by atomic mass is 10.00. The van der Waals surface area contributed by atoms with Crippen molar-refractivity contribution < 1.29 is 4.74 Å².